The maximum atomic E-state index is 11.8. The second-order valence-corrected chi connectivity index (χ2v) is 4.92. The summed E-state index contributed by atoms with van der Waals surface area (Å²) < 4.78 is 20.4. The number of cyclic esters (lactones) is 2. The number of ether oxygens (including phenoxy) is 4. The summed E-state index contributed by atoms with van der Waals surface area (Å²) in [4.78, 5) is 23.7. The lowest BCUT2D eigenvalue weighted by atomic mass is 10.2. The minimum Gasteiger partial charge on any atom is -0.493 e. The maximum absolute atomic E-state index is 11.8. The SMILES string of the molecule is COc1cccc(NC=C2C(=O)OC(C)(C)OC2=O)c1OC. The molecule has 0 spiro atoms. The van der Waals surface area contributed by atoms with Crippen LogP contribution < -0.4 is 14.8 Å². The molecular formula is C15H17NO6. The first-order valence-corrected chi connectivity index (χ1v) is 6.52. The summed E-state index contributed by atoms with van der Waals surface area (Å²) in [7, 11) is 3.00. The lowest BCUT2D eigenvalue weighted by Gasteiger charge is -2.29. The van der Waals surface area contributed by atoms with Gasteiger partial charge in [0, 0.05) is 20.0 Å². The molecule has 7 nitrogen and oxygen atoms in total. The number of benzene rings is 1. The first-order chi connectivity index (χ1) is 10.4. The average Bonchev–Trinajstić information content (AvgIpc) is 2.44. The lowest BCUT2D eigenvalue weighted by Crippen LogP contribution is -2.42. The number of esters is 2. The van der Waals surface area contributed by atoms with Crippen LogP contribution in [0.5, 0.6) is 11.5 Å². The van der Waals surface area contributed by atoms with Gasteiger partial charge in [0.25, 0.3) is 5.79 Å². The average molecular weight is 307 g/mol. The van der Waals surface area contributed by atoms with Crippen LogP contribution in [0.25, 0.3) is 0 Å². The molecule has 1 aromatic carbocycles. The summed E-state index contributed by atoms with van der Waals surface area (Å²) in [5, 5.41) is 2.83. The second kappa shape index (κ2) is 5.97. The third-order valence-corrected chi connectivity index (χ3v) is 2.89. The molecule has 1 aliphatic heterocycles. The van der Waals surface area contributed by atoms with Crippen LogP contribution in [0.15, 0.2) is 30.0 Å². The molecule has 1 heterocycles. The van der Waals surface area contributed by atoms with Gasteiger partial charge < -0.3 is 24.3 Å². The van der Waals surface area contributed by atoms with Crippen molar-refractivity contribution in [2.24, 2.45) is 0 Å². The van der Waals surface area contributed by atoms with E-state index in [1.807, 2.05) is 0 Å². The molecule has 0 atom stereocenters. The van der Waals surface area contributed by atoms with E-state index >= 15 is 0 Å². The zero-order valence-electron chi connectivity index (χ0n) is 12.8. The topological polar surface area (TPSA) is 83.1 Å². The Balaban J connectivity index is 2.25. The molecule has 1 N–H and O–H groups in total. The van der Waals surface area contributed by atoms with E-state index in [1.165, 1.54) is 34.3 Å². The monoisotopic (exact) mass is 307 g/mol. The highest BCUT2D eigenvalue weighted by Gasteiger charge is 2.38. The number of nitrogens with one attached hydrogen (secondary N) is 1. The molecular weight excluding hydrogens is 290 g/mol. The van der Waals surface area contributed by atoms with Gasteiger partial charge >= 0.3 is 11.9 Å². The molecule has 1 aliphatic rings. The highest BCUT2D eigenvalue weighted by atomic mass is 16.7. The summed E-state index contributed by atoms with van der Waals surface area (Å²) in [6.07, 6.45) is 1.22. The summed E-state index contributed by atoms with van der Waals surface area (Å²) in [5.74, 6) is -1.81. The third-order valence-electron chi connectivity index (χ3n) is 2.89. The minimum absolute atomic E-state index is 0.232. The molecule has 1 fully saturated rings. The molecule has 0 radical (unpaired) electrons. The van der Waals surface area contributed by atoms with Crippen LogP contribution in [0, 0.1) is 0 Å². The fraction of sp³-hybridized carbons (Fsp3) is 0.333. The summed E-state index contributed by atoms with van der Waals surface area (Å²) >= 11 is 0. The number of rotatable bonds is 4. The van der Waals surface area contributed by atoms with Gasteiger partial charge in [-0.05, 0) is 12.1 Å². The third kappa shape index (κ3) is 3.13. The van der Waals surface area contributed by atoms with E-state index in [-0.39, 0.29) is 5.57 Å². The summed E-state index contributed by atoms with van der Waals surface area (Å²) in [6.45, 7) is 2.97. The molecule has 0 bridgehead atoms. The quantitative estimate of drug-likeness (QED) is 0.516. The van der Waals surface area contributed by atoms with E-state index in [2.05, 4.69) is 5.32 Å². The fourth-order valence-corrected chi connectivity index (χ4v) is 1.93. The van der Waals surface area contributed by atoms with Gasteiger partial charge in [0.05, 0.1) is 19.9 Å². The van der Waals surface area contributed by atoms with Gasteiger partial charge in [-0.2, -0.15) is 0 Å². The molecule has 1 aromatic rings. The number of anilines is 1. The Kier molecular flexibility index (Phi) is 4.25. The Morgan fingerprint density at radius 1 is 1.09 bits per heavy atom. The standard InChI is InChI=1S/C15H17NO6/c1-15(2)21-13(17)9(14(18)22-15)8-16-10-6-5-7-11(19-3)12(10)20-4/h5-8,16H,1-4H3. The second-order valence-electron chi connectivity index (χ2n) is 4.92. The molecule has 7 heteroatoms. The largest absolute Gasteiger partial charge is 0.493 e. The van der Waals surface area contributed by atoms with Crippen LogP contribution >= 0.6 is 0 Å². The zero-order valence-corrected chi connectivity index (χ0v) is 12.8. The van der Waals surface area contributed by atoms with Crippen LogP contribution in [-0.4, -0.2) is 31.9 Å². The predicted molar refractivity (Wildman–Crippen MR) is 77.5 cm³/mol. The van der Waals surface area contributed by atoms with Gasteiger partial charge in [-0.1, -0.05) is 6.07 Å². The van der Waals surface area contributed by atoms with E-state index in [9.17, 15) is 9.59 Å². The van der Waals surface area contributed by atoms with E-state index in [0.717, 1.165) is 0 Å². The van der Waals surface area contributed by atoms with Gasteiger partial charge in [0.2, 0.25) is 0 Å². The molecule has 0 unspecified atom stereocenters. The summed E-state index contributed by atoms with van der Waals surface area (Å²) in [6, 6.07) is 5.17. The van der Waals surface area contributed by atoms with E-state index in [0.29, 0.717) is 17.2 Å². The van der Waals surface area contributed by atoms with Crippen LogP contribution in [0.1, 0.15) is 13.8 Å². The van der Waals surface area contributed by atoms with E-state index in [1.54, 1.807) is 18.2 Å². The lowest BCUT2D eigenvalue weighted by molar-refractivity contribution is -0.222. The highest BCUT2D eigenvalue weighted by Crippen LogP contribution is 2.35. The van der Waals surface area contributed by atoms with Gasteiger partial charge in [-0.15, -0.1) is 0 Å². The van der Waals surface area contributed by atoms with Crippen LogP contribution in [0.2, 0.25) is 0 Å². The van der Waals surface area contributed by atoms with Gasteiger partial charge in [-0.3, -0.25) is 0 Å². The van der Waals surface area contributed by atoms with Gasteiger partial charge in [0.1, 0.15) is 0 Å². The van der Waals surface area contributed by atoms with Gasteiger partial charge in [0.15, 0.2) is 17.1 Å². The highest BCUT2D eigenvalue weighted by molar-refractivity contribution is 6.15. The van der Waals surface area contributed by atoms with Crippen LogP contribution in [0.3, 0.4) is 0 Å². The Bertz CT molecular complexity index is 613. The van der Waals surface area contributed by atoms with E-state index in [4.69, 9.17) is 18.9 Å². The molecule has 2 rings (SSSR count). The van der Waals surface area contributed by atoms with Crippen molar-refractivity contribution in [3.63, 3.8) is 0 Å². The normalized spacial score (nSPS) is 16.5. The van der Waals surface area contributed by atoms with Crippen molar-refractivity contribution in [1.29, 1.82) is 0 Å². The number of hydrogen-bond donors (Lipinski definition) is 1. The smallest absolute Gasteiger partial charge is 0.350 e. The summed E-state index contributed by atoms with van der Waals surface area (Å²) in [5.41, 5.74) is 0.295. The number of hydrogen-bond acceptors (Lipinski definition) is 7. The molecule has 22 heavy (non-hydrogen) atoms. The minimum atomic E-state index is -1.26. The predicted octanol–water partition coefficient (Wildman–Crippen LogP) is 1.84. The molecule has 0 aliphatic carbocycles. The van der Waals surface area contributed by atoms with Gasteiger partial charge in [-0.25, -0.2) is 9.59 Å². The first kappa shape index (κ1) is 15.7. The number of carbonyl (C=O) groups is 2. The van der Waals surface area contributed by atoms with Crippen molar-refractivity contribution in [2.75, 3.05) is 19.5 Å². The Labute approximate surface area is 127 Å². The Morgan fingerprint density at radius 2 is 1.73 bits per heavy atom. The molecule has 118 valence electrons. The van der Waals surface area contributed by atoms with Crippen molar-refractivity contribution in [3.05, 3.63) is 30.0 Å². The number of carbonyl (C=O) groups excluding carboxylic acids is 2. The maximum Gasteiger partial charge on any atom is 0.350 e. The molecule has 0 saturated carbocycles. The molecule has 0 aromatic heterocycles. The number of para-hydroxylation sites is 1. The van der Waals surface area contributed by atoms with Crippen molar-refractivity contribution in [3.8, 4) is 11.5 Å². The molecule has 1 saturated heterocycles. The van der Waals surface area contributed by atoms with Crippen molar-refractivity contribution >= 4 is 17.6 Å². The van der Waals surface area contributed by atoms with Crippen molar-refractivity contribution in [1.82, 2.24) is 0 Å². The molecule has 0 amide bonds. The van der Waals surface area contributed by atoms with Crippen molar-refractivity contribution in [2.45, 2.75) is 19.6 Å². The van der Waals surface area contributed by atoms with E-state index < -0.39 is 17.7 Å². The Hall–Kier alpha value is -2.70. The Morgan fingerprint density at radius 3 is 2.27 bits per heavy atom. The first-order valence-electron chi connectivity index (χ1n) is 6.52. The van der Waals surface area contributed by atoms with Crippen LogP contribution in [0.4, 0.5) is 5.69 Å². The fourth-order valence-electron chi connectivity index (χ4n) is 1.93. The zero-order chi connectivity index (χ0) is 16.3. The van der Waals surface area contributed by atoms with Crippen LogP contribution in [-0.2, 0) is 19.1 Å². The number of methoxy groups -OCH3 is 2. The van der Waals surface area contributed by atoms with Crippen molar-refractivity contribution < 1.29 is 28.5 Å².